The minimum Gasteiger partial charge on any atom is -0.497 e. The summed E-state index contributed by atoms with van der Waals surface area (Å²) < 4.78 is 5.10. The lowest BCUT2D eigenvalue weighted by Gasteiger charge is -2.04. The SMILES string of the molecule is CCc1cc(OC)ccc1N=C=S. The van der Waals surface area contributed by atoms with E-state index in [1.54, 1.807) is 7.11 Å². The summed E-state index contributed by atoms with van der Waals surface area (Å²) in [4.78, 5) is 3.96. The standard InChI is InChI=1S/C10H11NOS/c1-3-8-6-9(12-2)4-5-10(8)11-7-13/h4-6H,3H2,1-2H3. The first-order chi connectivity index (χ1) is 6.31. The lowest BCUT2D eigenvalue weighted by molar-refractivity contribution is 0.414. The van der Waals surface area contributed by atoms with Crippen LogP contribution in [-0.2, 0) is 6.42 Å². The molecule has 0 saturated carbocycles. The zero-order valence-electron chi connectivity index (χ0n) is 7.70. The van der Waals surface area contributed by atoms with Crippen molar-refractivity contribution in [1.82, 2.24) is 0 Å². The molecule has 0 amide bonds. The lowest BCUT2D eigenvalue weighted by atomic mass is 10.1. The van der Waals surface area contributed by atoms with Gasteiger partial charge in [0.25, 0.3) is 0 Å². The largest absolute Gasteiger partial charge is 0.497 e. The molecule has 0 unspecified atom stereocenters. The molecule has 1 rings (SSSR count). The van der Waals surface area contributed by atoms with Gasteiger partial charge in [-0.25, -0.2) is 0 Å². The van der Waals surface area contributed by atoms with Gasteiger partial charge in [0.15, 0.2) is 0 Å². The van der Waals surface area contributed by atoms with Crippen LogP contribution in [0.2, 0.25) is 0 Å². The highest BCUT2D eigenvalue weighted by atomic mass is 32.1. The third kappa shape index (κ3) is 2.38. The fraction of sp³-hybridized carbons (Fsp3) is 0.300. The number of hydrogen-bond donors (Lipinski definition) is 0. The topological polar surface area (TPSA) is 21.6 Å². The van der Waals surface area contributed by atoms with Gasteiger partial charge in [-0.3, -0.25) is 0 Å². The molecule has 0 fully saturated rings. The minimum atomic E-state index is 0.847. The zero-order chi connectivity index (χ0) is 9.68. The Labute approximate surface area is 83.3 Å². The molecule has 0 spiro atoms. The van der Waals surface area contributed by atoms with Crippen LogP contribution < -0.4 is 4.74 Å². The number of aryl methyl sites for hydroxylation is 1. The van der Waals surface area contributed by atoms with Gasteiger partial charge in [0.1, 0.15) is 5.75 Å². The van der Waals surface area contributed by atoms with Gasteiger partial charge in [0.2, 0.25) is 0 Å². The van der Waals surface area contributed by atoms with Crippen molar-refractivity contribution in [2.24, 2.45) is 4.99 Å². The van der Waals surface area contributed by atoms with Crippen LogP contribution in [0.3, 0.4) is 0 Å². The van der Waals surface area contributed by atoms with E-state index in [1.807, 2.05) is 18.2 Å². The predicted octanol–water partition coefficient (Wildman–Crippen LogP) is 2.99. The van der Waals surface area contributed by atoms with Crippen LogP contribution in [0.5, 0.6) is 5.75 Å². The van der Waals surface area contributed by atoms with Gasteiger partial charge in [0, 0.05) is 0 Å². The fourth-order valence-electron chi connectivity index (χ4n) is 1.13. The average molecular weight is 193 g/mol. The number of isothiocyanates is 1. The van der Waals surface area contributed by atoms with Gasteiger partial charge in [-0.05, 0) is 42.4 Å². The highest BCUT2D eigenvalue weighted by molar-refractivity contribution is 7.78. The van der Waals surface area contributed by atoms with E-state index in [-0.39, 0.29) is 0 Å². The summed E-state index contributed by atoms with van der Waals surface area (Å²) in [7, 11) is 1.65. The quantitative estimate of drug-likeness (QED) is 0.543. The van der Waals surface area contributed by atoms with Crippen LogP contribution in [0.4, 0.5) is 5.69 Å². The van der Waals surface area contributed by atoms with Crippen LogP contribution in [0.25, 0.3) is 0 Å². The summed E-state index contributed by atoms with van der Waals surface area (Å²) in [5.74, 6) is 0.847. The molecule has 13 heavy (non-hydrogen) atoms. The van der Waals surface area contributed by atoms with Crippen molar-refractivity contribution in [1.29, 1.82) is 0 Å². The second-order valence-corrected chi connectivity index (χ2v) is 2.73. The van der Waals surface area contributed by atoms with Crippen LogP contribution in [0.1, 0.15) is 12.5 Å². The summed E-state index contributed by atoms with van der Waals surface area (Å²) in [6.45, 7) is 2.07. The second kappa shape index (κ2) is 4.75. The maximum Gasteiger partial charge on any atom is 0.119 e. The van der Waals surface area contributed by atoms with Crippen molar-refractivity contribution < 1.29 is 4.74 Å². The van der Waals surface area contributed by atoms with E-state index in [9.17, 15) is 0 Å². The normalized spacial score (nSPS) is 9.08. The van der Waals surface area contributed by atoms with Gasteiger partial charge < -0.3 is 4.74 Å². The summed E-state index contributed by atoms with van der Waals surface area (Å²) >= 11 is 4.55. The first-order valence-electron chi connectivity index (χ1n) is 4.06. The molecule has 0 aliphatic heterocycles. The van der Waals surface area contributed by atoms with Crippen LogP contribution in [0.15, 0.2) is 23.2 Å². The number of methoxy groups -OCH3 is 1. The molecule has 0 bridgehead atoms. The highest BCUT2D eigenvalue weighted by Gasteiger charge is 2.00. The highest BCUT2D eigenvalue weighted by Crippen LogP contribution is 2.24. The Bertz CT molecular complexity index is 343. The molecule has 0 saturated heterocycles. The predicted molar refractivity (Wildman–Crippen MR) is 57.1 cm³/mol. The van der Waals surface area contributed by atoms with Crippen LogP contribution in [-0.4, -0.2) is 12.3 Å². The van der Waals surface area contributed by atoms with E-state index >= 15 is 0 Å². The van der Waals surface area contributed by atoms with Crippen molar-refractivity contribution >= 4 is 23.1 Å². The van der Waals surface area contributed by atoms with Crippen molar-refractivity contribution in [3.05, 3.63) is 23.8 Å². The molecule has 68 valence electrons. The van der Waals surface area contributed by atoms with E-state index < -0.39 is 0 Å². The Morgan fingerprint density at radius 3 is 2.85 bits per heavy atom. The van der Waals surface area contributed by atoms with Crippen molar-refractivity contribution in [2.45, 2.75) is 13.3 Å². The van der Waals surface area contributed by atoms with Gasteiger partial charge in [0.05, 0.1) is 18.0 Å². The minimum absolute atomic E-state index is 0.847. The molecule has 3 heteroatoms. The van der Waals surface area contributed by atoms with Crippen LogP contribution >= 0.6 is 12.2 Å². The van der Waals surface area contributed by atoms with E-state index in [1.165, 1.54) is 0 Å². The second-order valence-electron chi connectivity index (χ2n) is 2.55. The summed E-state index contributed by atoms with van der Waals surface area (Å²) in [6, 6.07) is 5.72. The molecule has 0 radical (unpaired) electrons. The lowest BCUT2D eigenvalue weighted by Crippen LogP contribution is -1.86. The number of hydrogen-bond acceptors (Lipinski definition) is 3. The van der Waals surface area contributed by atoms with Gasteiger partial charge in [-0.2, -0.15) is 4.99 Å². The zero-order valence-corrected chi connectivity index (χ0v) is 8.52. The summed E-state index contributed by atoms with van der Waals surface area (Å²) in [5.41, 5.74) is 2.00. The summed E-state index contributed by atoms with van der Waals surface area (Å²) in [5, 5.41) is 2.36. The van der Waals surface area contributed by atoms with Gasteiger partial charge >= 0.3 is 0 Å². The maximum absolute atomic E-state index is 5.10. The molecule has 0 atom stereocenters. The van der Waals surface area contributed by atoms with Gasteiger partial charge in [-0.15, -0.1) is 0 Å². The van der Waals surface area contributed by atoms with E-state index in [0.717, 1.165) is 23.4 Å². The molecule has 2 nitrogen and oxygen atoms in total. The first-order valence-corrected chi connectivity index (χ1v) is 4.47. The first kappa shape index (κ1) is 9.90. The van der Waals surface area contributed by atoms with Crippen molar-refractivity contribution in [3.63, 3.8) is 0 Å². The maximum atomic E-state index is 5.10. The Hall–Kier alpha value is -1.18. The molecule has 0 aromatic heterocycles. The molecule has 0 heterocycles. The molecule has 0 N–H and O–H groups in total. The number of benzene rings is 1. The molecule has 1 aromatic carbocycles. The number of nitrogens with zero attached hydrogens (tertiary/aromatic N) is 1. The fourth-order valence-corrected chi connectivity index (χ4v) is 1.23. The average Bonchev–Trinajstić information content (AvgIpc) is 2.19. The number of rotatable bonds is 3. The number of ether oxygens (including phenoxy) is 1. The molecule has 0 aliphatic rings. The molecular weight excluding hydrogens is 182 g/mol. The Balaban J connectivity index is 3.15. The van der Waals surface area contributed by atoms with Crippen molar-refractivity contribution in [3.8, 4) is 5.75 Å². The summed E-state index contributed by atoms with van der Waals surface area (Å²) in [6.07, 6.45) is 0.910. The third-order valence-corrected chi connectivity index (χ3v) is 1.92. The monoisotopic (exact) mass is 193 g/mol. The van der Waals surface area contributed by atoms with Crippen molar-refractivity contribution in [2.75, 3.05) is 7.11 Å². The van der Waals surface area contributed by atoms with E-state index in [4.69, 9.17) is 4.74 Å². The molecule has 1 aromatic rings. The number of thiocarbonyl (C=S) groups is 1. The Morgan fingerprint density at radius 2 is 2.31 bits per heavy atom. The van der Waals surface area contributed by atoms with Crippen LogP contribution in [0, 0.1) is 0 Å². The molecule has 0 aliphatic carbocycles. The molecular formula is C10H11NOS. The van der Waals surface area contributed by atoms with Gasteiger partial charge in [-0.1, -0.05) is 6.92 Å². The Morgan fingerprint density at radius 1 is 1.54 bits per heavy atom. The van der Waals surface area contributed by atoms with E-state index in [0.29, 0.717) is 0 Å². The van der Waals surface area contributed by atoms with E-state index in [2.05, 4.69) is 29.3 Å². The number of aliphatic imine (C=N–C) groups is 1. The third-order valence-electron chi connectivity index (χ3n) is 1.83. The smallest absolute Gasteiger partial charge is 0.119 e. The Kier molecular flexibility index (Phi) is 3.62.